The van der Waals surface area contributed by atoms with Crippen LogP contribution in [0.4, 0.5) is 0 Å². The van der Waals surface area contributed by atoms with Gasteiger partial charge in [0.25, 0.3) is 0 Å². The molecule has 13 rings (SSSR count). The van der Waals surface area contributed by atoms with Crippen LogP contribution in [-0.4, -0.2) is 24.1 Å². The molecule has 0 aliphatic carbocycles. The fraction of sp³-hybridized carbons (Fsp3) is 0. The van der Waals surface area contributed by atoms with Crippen molar-refractivity contribution in [2.24, 2.45) is 0 Å². The van der Waals surface area contributed by atoms with Crippen molar-refractivity contribution < 1.29 is 0 Å². The fourth-order valence-electron chi connectivity index (χ4n) is 9.51. The minimum atomic E-state index is 0.656. The zero-order valence-corrected chi connectivity index (χ0v) is 34.7. The van der Waals surface area contributed by atoms with Gasteiger partial charge in [-0.3, -0.25) is 0 Å². The van der Waals surface area contributed by atoms with Crippen LogP contribution < -0.4 is 0 Å². The minimum Gasteiger partial charge on any atom is -0.309 e. The Morgan fingerprint density at radius 1 is 0.302 bits per heavy atom. The van der Waals surface area contributed by atoms with Gasteiger partial charge in [0, 0.05) is 69.8 Å². The highest BCUT2D eigenvalue weighted by Crippen LogP contribution is 2.43. The summed E-state index contributed by atoms with van der Waals surface area (Å²) in [6, 6.07) is 75.7. The van der Waals surface area contributed by atoms with E-state index in [1.54, 1.807) is 11.3 Å². The molecule has 5 nitrogen and oxygen atoms in total. The second-order valence-electron chi connectivity index (χ2n) is 16.0. The summed E-state index contributed by atoms with van der Waals surface area (Å²) in [5.74, 6) is 1.97. The summed E-state index contributed by atoms with van der Waals surface area (Å²) in [5, 5.41) is 7.27. The molecular weight excluding hydrogens is 787 g/mol. The molecule has 4 heterocycles. The zero-order chi connectivity index (χ0) is 41.4. The van der Waals surface area contributed by atoms with Gasteiger partial charge in [-0.1, -0.05) is 140 Å². The Hall–Kier alpha value is -8.19. The molecule has 63 heavy (non-hydrogen) atoms. The Balaban J connectivity index is 0.963. The molecule has 0 bridgehead atoms. The predicted octanol–water partition coefficient (Wildman–Crippen LogP) is 15.1. The molecule has 9 aromatic carbocycles. The van der Waals surface area contributed by atoms with E-state index in [1.807, 2.05) is 36.4 Å². The minimum absolute atomic E-state index is 0.656. The number of hydrogen-bond donors (Lipinski definition) is 0. The average Bonchev–Trinajstić information content (AvgIpc) is 4.01. The molecule has 0 unspecified atom stereocenters. The molecule has 0 saturated heterocycles. The third kappa shape index (κ3) is 5.73. The first-order valence-electron chi connectivity index (χ1n) is 21.2. The molecule has 0 saturated carbocycles. The maximum atomic E-state index is 5.13. The van der Waals surface area contributed by atoms with Crippen LogP contribution >= 0.6 is 11.3 Å². The van der Waals surface area contributed by atoms with Crippen LogP contribution in [0.3, 0.4) is 0 Å². The number of para-hydroxylation sites is 3. The molecule has 0 aliphatic rings. The normalized spacial score (nSPS) is 11.8. The molecule has 0 amide bonds. The third-order valence-corrected chi connectivity index (χ3v) is 13.5. The first kappa shape index (κ1) is 35.6. The molecule has 0 N–H and O–H groups in total. The van der Waals surface area contributed by atoms with Crippen LogP contribution in [0.1, 0.15) is 0 Å². The van der Waals surface area contributed by atoms with Crippen LogP contribution in [0.5, 0.6) is 0 Å². The lowest BCUT2D eigenvalue weighted by atomic mass is 9.99. The first-order valence-corrected chi connectivity index (χ1v) is 22.0. The lowest BCUT2D eigenvalue weighted by Gasteiger charge is -2.11. The number of rotatable bonds is 6. The van der Waals surface area contributed by atoms with Crippen molar-refractivity contribution in [3.8, 4) is 56.7 Å². The Labute approximate surface area is 366 Å². The topological polar surface area (TPSA) is 48.5 Å². The Bertz CT molecular complexity index is 3850. The van der Waals surface area contributed by atoms with Crippen LogP contribution in [0, 0.1) is 0 Å². The van der Waals surface area contributed by atoms with Crippen LogP contribution in [-0.2, 0) is 0 Å². The average molecular weight is 822 g/mol. The lowest BCUT2D eigenvalue weighted by Crippen LogP contribution is -2.00. The van der Waals surface area contributed by atoms with E-state index in [0.717, 1.165) is 39.0 Å². The molecule has 4 aromatic heterocycles. The van der Waals surface area contributed by atoms with Crippen molar-refractivity contribution >= 4 is 75.1 Å². The van der Waals surface area contributed by atoms with Gasteiger partial charge in [0.2, 0.25) is 0 Å². The zero-order valence-electron chi connectivity index (χ0n) is 33.9. The van der Waals surface area contributed by atoms with E-state index in [4.69, 9.17) is 15.0 Å². The van der Waals surface area contributed by atoms with E-state index >= 15 is 0 Å². The van der Waals surface area contributed by atoms with Crippen molar-refractivity contribution in [3.05, 3.63) is 212 Å². The molecule has 0 fully saturated rings. The molecule has 0 atom stereocenters. The highest BCUT2D eigenvalue weighted by Gasteiger charge is 2.20. The predicted molar refractivity (Wildman–Crippen MR) is 263 cm³/mol. The summed E-state index contributed by atoms with van der Waals surface area (Å²) in [5.41, 5.74) is 12.3. The summed E-state index contributed by atoms with van der Waals surface area (Å²) in [7, 11) is 0. The molecule has 0 spiro atoms. The maximum absolute atomic E-state index is 5.13. The lowest BCUT2D eigenvalue weighted by molar-refractivity contribution is 1.08. The first-order chi connectivity index (χ1) is 31.2. The SMILES string of the molecule is c1ccc(-c2nc(-c3ccccc3)nc(-c3cccc4sc5ccc(-c6ccc7c(c6)c6ccccc6n7-c6ccc7c(c6)c6ccccc6n7-c6ccccc6)cc5c34)n2)cc1. The smallest absolute Gasteiger partial charge is 0.164 e. The second-order valence-corrected chi connectivity index (χ2v) is 17.1. The van der Waals surface area contributed by atoms with Gasteiger partial charge in [-0.05, 0) is 83.9 Å². The third-order valence-electron chi connectivity index (χ3n) is 12.4. The van der Waals surface area contributed by atoms with Gasteiger partial charge in [-0.15, -0.1) is 11.3 Å². The summed E-state index contributed by atoms with van der Waals surface area (Å²) in [4.78, 5) is 15.2. The van der Waals surface area contributed by atoms with Gasteiger partial charge in [0.05, 0.1) is 22.1 Å². The van der Waals surface area contributed by atoms with Crippen molar-refractivity contribution in [1.82, 2.24) is 24.1 Å². The Morgan fingerprint density at radius 2 is 0.810 bits per heavy atom. The van der Waals surface area contributed by atoms with Crippen molar-refractivity contribution in [2.45, 2.75) is 0 Å². The molecule has 6 heteroatoms. The molecular formula is C57H35N5S. The van der Waals surface area contributed by atoms with Crippen molar-refractivity contribution in [2.75, 3.05) is 0 Å². The number of nitrogens with zero attached hydrogens (tertiary/aromatic N) is 5. The van der Waals surface area contributed by atoms with E-state index in [2.05, 4.69) is 185 Å². The summed E-state index contributed by atoms with van der Waals surface area (Å²) >= 11 is 1.81. The molecule has 13 aromatic rings. The summed E-state index contributed by atoms with van der Waals surface area (Å²) < 4.78 is 7.22. The Kier molecular flexibility index (Phi) is 8.01. The van der Waals surface area contributed by atoms with E-state index in [-0.39, 0.29) is 0 Å². The molecule has 0 aliphatic heterocycles. The number of hydrogen-bond acceptors (Lipinski definition) is 4. The van der Waals surface area contributed by atoms with Gasteiger partial charge in [0.1, 0.15) is 0 Å². The largest absolute Gasteiger partial charge is 0.309 e. The molecule has 294 valence electrons. The highest BCUT2D eigenvalue weighted by atomic mass is 32.1. The van der Waals surface area contributed by atoms with E-state index in [0.29, 0.717) is 17.5 Å². The number of fused-ring (bicyclic) bond motifs is 9. The van der Waals surface area contributed by atoms with Crippen molar-refractivity contribution in [1.29, 1.82) is 0 Å². The fourth-order valence-corrected chi connectivity index (χ4v) is 10.6. The van der Waals surface area contributed by atoms with E-state index in [1.165, 1.54) is 64.0 Å². The maximum Gasteiger partial charge on any atom is 0.164 e. The molecule has 0 radical (unpaired) electrons. The summed E-state index contributed by atoms with van der Waals surface area (Å²) in [6.45, 7) is 0. The van der Waals surface area contributed by atoms with Gasteiger partial charge in [-0.2, -0.15) is 0 Å². The second kappa shape index (κ2) is 14.2. The number of thiophene rings is 1. The van der Waals surface area contributed by atoms with Gasteiger partial charge in [0.15, 0.2) is 17.5 Å². The quantitative estimate of drug-likeness (QED) is 0.168. The van der Waals surface area contributed by atoms with E-state index in [9.17, 15) is 0 Å². The summed E-state index contributed by atoms with van der Waals surface area (Å²) in [6.07, 6.45) is 0. The Morgan fingerprint density at radius 3 is 1.48 bits per heavy atom. The highest BCUT2D eigenvalue weighted by molar-refractivity contribution is 7.26. The number of aromatic nitrogens is 5. The van der Waals surface area contributed by atoms with E-state index < -0.39 is 0 Å². The van der Waals surface area contributed by atoms with Gasteiger partial charge < -0.3 is 9.13 Å². The van der Waals surface area contributed by atoms with Crippen LogP contribution in [0.2, 0.25) is 0 Å². The van der Waals surface area contributed by atoms with Crippen LogP contribution in [0.15, 0.2) is 212 Å². The van der Waals surface area contributed by atoms with Gasteiger partial charge >= 0.3 is 0 Å². The number of benzene rings is 9. The van der Waals surface area contributed by atoms with Gasteiger partial charge in [-0.25, -0.2) is 15.0 Å². The van der Waals surface area contributed by atoms with Crippen LogP contribution in [0.25, 0.3) is 120 Å². The van der Waals surface area contributed by atoms with Crippen molar-refractivity contribution in [3.63, 3.8) is 0 Å². The standard InChI is InChI=1S/C57H35N5S/c1-4-15-36(16-5-1)55-58-56(37-17-6-2-7-18-37)60-57(59-55)44-23-14-26-53-54(44)47-34-39(28-32-52(47)63-53)38-27-30-50-45(33-38)42-21-10-13-25-49(42)62(50)41-29-31-51-46(35-41)43-22-11-12-24-48(43)61(51)40-19-8-3-9-20-40/h1-35H. The monoisotopic (exact) mass is 821 g/mol.